The summed E-state index contributed by atoms with van der Waals surface area (Å²) in [6.07, 6.45) is 1.51. The molecule has 6 nitrogen and oxygen atoms in total. The Labute approximate surface area is 160 Å². The molecular formula is C21H17FN4O2. The van der Waals surface area contributed by atoms with Crippen LogP contribution >= 0.6 is 0 Å². The monoisotopic (exact) mass is 376 g/mol. The maximum absolute atomic E-state index is 14.0. The van der Waals surface area contributed by atoms with Crippen LogP contribution in [0.15, 0.2) is 48.7 Å². The molecule has 2 aromatic carbocycles. The number of aryl methyl sites for hydroxylation is 1. The van der Waals surface area contributed by atoms with Gasteiger partial charge in [-0.3, -0.25) is 9.59 Å². The van der Waals surface area contributed by atoms with Gasteiger partial charge in [0.1, 0.15) is 17.1 Å². The Morgan fingerprint density at radius 3 is 2.68 bits per heavy atom. The van der Waals surface area contributed by atoms with Crippen molar-refractivity contribution in [1.82, 2.24) is 9.78 Å². The predicted octanol–water partition coefficient (Wildman–Crippen LogP) is 2.96. The van der Waals surface area contributed by atoms with Crippen molar-refractivity contribution < 1.29 is 14.0 Å². The number of fused-ring (bicyclic) bond motifs is 4. The second-order valence-corrected chi connectivity index (χ2v) is 7.32. The van der Waals surface area contributed by atoms with E-state index >= 15 is 0 Å². The van der Waals surface area contributed by atoms with Crippen molar-refractivity contribution in [2.24, 2.45) is 0 Å². The van der Waals surface area contributed by atoms with Gasteiger partial charge < -0.3 is 10.6 Å². The molecule has 1 atom stereocenters. The number of nitrogens with one attached hydrogen (secondary N) is 2. The van der Waals surface area contributed by atoms with E-state index in [1.165, 1.54) is 18.2 Å². The van der Waals surface area contributed by atoms with Gasteiger partial charge in [0.05, 0.1) is 12.7 Å². The highest BCUT2D eigenvalue weighted by Gasteiger charge is 2.54. The molecule has 2 aliphatic heterocycles. The zero-order valence-corrected chi connectivity index (χ0v) is 15.1. The summed E-state index contributed by atoms with van der Waals surface area (Å²) >= 11 is 0. The number of aromatic nitrogens is 2. The first kappa shape index (κ1) is 16.7. The number of nitrogens with zero attached hydrogens (tertiary/aromatic N) is 2. The van der Waals surface area contributed by atoms with E-state index in [1.807, 2.05) is 31.2 Å². The minimum Gasteiger partial charge on any atom is -0.325 e. The Morgan fingerprint density at radius 1 is 1.11 bits per heavy atom. The van der Waals surface area contributed by atoms with Crippen LogP contribution in [0.25, 0.3) is 0 Å². The van der Waals surface area contributed by atoms with Crippen LogP contribution < -0.4 is 10.6 Å². The van der Waals surface area contributed by atoms with Crippen LogP contribution in [0.4, 0.5) is 15.9 Å². The fourth-order valence-electron chi connectivity index (χ4n) is 4.10. The second-order valence-electron chi connectivity index (χ2n) is 7.32. The van der Waals surface area contributed by atoms with Crippen molar-refractivity contribution in [3.8, 4) is 0 Å². The second kappa shape index (κ2) is 5.76. The van der Waals surface area contributed by atoms with Gasteiger partial charge in [0, 0.05) is 17.7 Å². The topological polar surface area (TPSA) is 76.0 Å². The zero-order chi connectivity index (χ0) is 19.5. The lowest BCUT2D eigenvalue weighted by molar-refractivity contribution is -0.125. The molecule has 0 aliphatic carbocycles. The average molecular weight is 376 g/mol. The quantitative estimate of drug-likeness (QED) is 0.722. The SMILES string of the molecule is Cc1ccc(Cn2ncc3c2NC(=O)CC32C(=O)Nc3ccc(F)cc32)cc1. The number of benzene rings is 2. The Bertz CT molecular complexity index is 1140. The fraction of sp³-hybridized carbons (Fsp3) is 0.190. The number of hydrogen-bond donors (Lipinski definition) is 2. The molecule has 0 fully saturated rings. The van der Waals surface area contributed by atoms with E-state index in [4.69, 9.17) is 0 Å². The summed E-state index contributed by atoms with van der Waals surface area (Å²) in [4.78, 5) is 25.5. The van der Waals surface area contributed by atoms with Crippen LogP contribution in [0.1, 0.15) is 28.7 Å². The molecule has 2 N–H and O–H groups in total. The Hall–Kier alpha value is -3.48. The molecule has 2 aliphatic rings. The van der Waals surface area contributed by atoms with E-state index in [9.17, 15) is 14.0 Å². The summed E-state index contributed by atoms with van der Waals surface area (Å²) in [6, 6.07) is 12.2. The molecule has 0 radical (unpaired) electrons. The lowest BCUT2D eigenvalue weighted by Crippen LogP contribution is -2.43. The molecule has 1 aromatic heterocycles. The summed E-state index contributed by atoms with van der Waals surface area (Å²) in [7, 11) is 0. The number of carbonyl (C=O) groups is 2. The van der Waals surface area contributed by atoms with E-state index in [0.717, 1.165) is 11.1 Å². The molecule has 1 spiro atoms. The smallest absolute Gasteiger partial charge is 0.240 e. The highest BCUT2D eigenvalue weighted by atomic mass is 19.1. The van der Waals surface area contributed by atoms with Gasteiger partial charge >= 0.3 is 0 Å². The van der Waals surface area contributed by atoms with Crippen molar-refractivity contribution in [3.63, 3.8) is 0 Å². The highest BCUT2D eigenvalue weighted by Crippen LogP contribution is 2.49. The lowest BCUT2D eigenvalue weighted by atomic mass is 9.72. The normalized spacial score (nSPS) is 19.9. The average Bonchev–Trinajstić information content (AvgIpc) is 3.18. The molecule has 0 saturated heterocycles. The summed E-state index contributed by atoms with van der Waals surface area (Å²) in [5, 5.41) is 10.1. The zero-order valence-electron chi connectivity index (χ0n) is 15.1. The molecule has 5 rings (SSSR count). The molecule has 3 heterocycles. The van der Waals surface area contributed by atoms with Crippen LogP contribution in [0, 0.1) is 12.7 Å². The summed E-state index contributed by atoms with van der Waals surface area (Å²) in [6.45, 7) is 2.46. The first-order chi connectivity index (χ1) is 13.5. The Balaban J connectivity index is 1.65. The third-order valence-electron chi connectivity index (χ3n) is 5.51. The van der Waals surface area contributed by atoms with Crippen molar-refractivity contribution in [2.45, 2.75) is 25.3 Å². The van der Waals surface area contributed by atoms with Gasteiger partial charge in [0.15, 0.2) is 0 Å². The van der Waals surface area contributed by atoms with Gasteiger partial charge in [-0.25, -0.2) is 9.07 Å². The largest absolute Gasteiger partial charge is 0.325 e. The van der Waals surface area contributed by atoms with Gasteiger partial charge in [-0.1, -0.05) is 29.8 Å². The molecular weight excluding hydrogens is 359 g/mol. The summed E-state index contributed by atoms with van der Waals surface area (Å²) in [5.41, 5.74) is 2.50. The highest BCUT2D eigenvalue weighted by molar-refractivity contribution is 6.14. The van der Waals surface area contributed by atoms with Crippen molar-refractivity contribution in [3.05, 3.63) is 76.7 Å². The first-order valence-electron chi connectivity index (χ1n) is 9.00. The number of anilines is 2. The van der Waals surface area contributed by atoms with Crippen molar-refractivity contribution in [1.29, 1.82) is 0 Å². The number of amides is 2. The minimum atomic E-state index is -1.26. The number of hydrogen-bond acceptors (Lipinski definition) is 3. The molecule has 3 aromatic rings. The van der Waals surface area contributed by atoms with Gasteiger partial charge in [-0.05, 0) is 36.2 Å². The third kappa shape index (κ3) is 2.29. The molecule has 0 saturated carbocycles. The summed E-state index contributed by atoms with van der Waals surface area (Å²) in [5.74, 6) is -0.609. The van der Waals surface area contributed by atoms with Crippen molar-refractivity contribution >= 4 is 23.3 Å². The number of halogens is 1. The van der Waals surface area contributed by atoms with Crippen LogP contribution in [-0.4, -0.2) is 21.6 Å². The van der Waals surface area contributed by atoms with Gasteiger partial charge in [0.25, 0.3) is 0 Å². The minimum absolute atomic E-state index is 0.0848. The fourth-order valence-corrected chi connectivity index (χ4v) is 4.10. The number of carbonyl (C=O) groups excluding carboxylic acids is 2. The Kier molecular flexibility index (Phi) is 3.43. The Morgan fingerprint density at radius 2 is 1.89 bits per heavy atom. The van der Waals surface area contributed by atoms with E-state index in [2.05, 4.69) is 15.7 Å². The molecule has 140 valence electrons. The van der Waals surface area contributed by atoms with Gasteiger partial charge in [0.2, 0.25) is 11.8 Å². The standard InChI is InChI=1S/C21H17FN4O2/c1-12-2-4-13(5-3-12)11-26-19-16(10-23-26)21(9-18(27)25-19)15-8-14(22)6-7-17(15)24-20(21)28/h2-8,10H,9,11H2,1H3,(H,24,28)(H,25,27). The molecule has 7 heteroatoms. The van der Waals surface area contributed by atoms with Gasteiger partial charge in [-0.15, -0.1) is 0 Å². The van der Waals surface area contributed by atoms with E-state index in [1.54, 1.807) is 10.9 Å². The van der Waals surface area contributed by atoms with E-state index < -0.39 is 11.2 Å². The van der Waals surface area contributed by atoms with Crippen molar-refractivity contribution in [2.75, 3.05) is 10.6 Å². The van der Waals surface area contributed by atoms with E-state index in [-0.39, 0.29) is 18.2 Å². The lowest BCUT2D eigenvalue weighted by Gasteiger charge is -2.31. The van der Waals surface area contributed by atoms with Gasteiger partial charge in [-0.2, -0.15) is 5.10 Å². The van der Waals surface area contributed by atoms with Crippen LogP contribution in [0.3, 0.4) is 0 Å². The molecule has 0 bridgehead atoms. The first-order valence-corrected chi connectivity index (χ1v) is 9.00. The maximum Gasteiger partial charge on any atom is 0.240 e. The van der Waals surface area contributed by atoms with Crippen LogP contribution in [0.2, 0.25) is 0 Å². The third-order valence-corrected chi connectivity index (χ3v) is 5.51. The summed E-state index contributed by atoms with van der Waals surface area (Å²) < 4.78 is 15.6. The predicted molar refractivity (Wildman–Crippen MR) is 102 cm³/mol. The number of rotatable bonds is 2. The molecule has 1 unspecified atom stereocenters. The molecule has 2 amide bonds. The van der Waals surface area contributed by atoms with Crippen LogP contribution in [-0.2, 0) is 21.5 Å². The molecule has 28 heavy (non-hydrogen) atoms. The van der Waals surface area contributed by atoms with E-state index in [0.29, 0.717) is 29.2 Å². The maximum atomic E-state index is 14.0. The van der Waals surface area contributed by atoms with Crippen LogP contribution in [0.5, 0.6) is 0 Å².